The number of carbonyl (C=O) groups excluding carboxylic acids is 2. The van der Waals surface area contributed by atoms with Crippen molar-refractivity contribution in [3.8, 4) is 5.75 Å². The van der Waals surface area contributed by atoms with E-state index in [9.17, 15) is 9.59 Å². The standard InChI is InChI=1S/C23H23N3O3/c1-29-21-12-11-18(19-9-5-6-10-20(19)21)16-25-26-23(28)14-13-22(27)24-15-17-7-3-2-4-8-17/h2-12,16H,13-15H2,1H3,(H,24,27)(H,26,28)/b25-16+. The van der Waals surface area contributed by atoms with Crippen LogP contribution < -0.4 is 15.5 Å². The number of ether oxygens (including phenoxy) is 1. The Morgan fingerprint density at radius 1 is 0.897 bits per heavy atom. The van der Waals surface area contributed by atoms with Crippen molar-refractivity contribution in [2.75, 3.05) is 7.11 Å². The molecule has 0 aliphatic rings. The SMILES string of the molecule is COc1ccc(/C=N/NC(=O)CCC(=O)NCc2ccccc2)c2ccccc12. The van der Waals surface area contributed by atoms with Gasteiger partial charge >= 0.3 is 0 Å². The lowest BCUT2D eigenvalue weighted by Gasteiger charge is -2.07. The zero-order valence-electron chi connectivity index (χ0n) is 16.2. The summed E-state index contributed by atoms with van der Waals surface area (Å²) in [5.41, 5.74) is 4.35. The number of fused-ring (bicyclic) bond motifs is 1. The van der Waals surface area contributed by atoms with E-state index in [2.05, 4.69) is 15.8 Å². The number of hydrogen-bond acceptors (Lipinski definition) is 4. The Hall–Kier alpha value is -3.67. The fourth-order valence-corrected chi connectivity index (χ4v) is 2.93. The van der Waals surface area contributed by atoms with Gasteiger partial charge in [-0.15, -0.1) is 0 Å². The summed E-state index contributed by atoms with van der Waals surface area (Å²) >= 11 is 0. The Balaban J connectivity index is 1.49. The lowest BCUT2D eigenvalue weighted by molar-refractivity contribution is -0.126. The largest absolute Gasteiger partial charge is 0.496 e. The van der Waals surface area contributed by atoms with Gasteiger partial charge in [0.15, 0.2) is 0 Å². The number of benzene rings is 3. The molecule has 148 valence electrons. The van der Waals surface area contributed by atoms with Crippen molar-refractivity contribution < 1.29 is 14.3 Å². The molecule has 0 unspecified atom stereocenters. The first-order chi connectivity index (χ1) is 14.2. The smallest absolute Gasteiger partial charge is 0.240 e. The Labute approximate surface area is 169 Å². The molecule has 0 bridgehead atoms. The van der Waals surface area contributed by atoms with Gasteiger partial charge in [-0.2, -0.15) is 5.10 Å². The summed E-state index contributed by atoms with van der Waals surface area (Å²) in [5, 5.41) is 8.77. The number of amides is 2. The van der Waals surface area contributed by atoms with E-state index in [-0.39, 0.29) is 24.7 Å². The Bertz CT molecular complexity index is 1020. The van der Waals surface area contributed by atoms with Crippen LogP contribution in [0.25, 0.3) is 10.8 Å². The van der Waals surface area contributed by atoms with Crippen LogP contribution in [0.4, 0.5) is 0 Å². The van der Waals surface area contributed by atoms with Crippen LogP contribution in [-0.2, 0) is 16.1 Å². The van der Waals surface area contributed by atoms with Crippen molar-refractivity contribution >= 4 is 28.8 Å². The van der Waals surface area contributed by atoms with Crippen molar-refractivity contribution in [3.05, 3.63) is 77.9 Å². The molecule has 2 N–H and O–H groups in total. The summed E-state index contributed by atoms with van der Waals surface area (Å²) in [6.45, 7) is 0.448. The van der Waals surface area contributed by atoms with E-state index >= 15 is 0 Å². The number of hydrogen-bond donors (Lipinski definition) is 2. The van der Waals surface area contributed by atoms with Gasteiger partial charge in [0.2, 0.25) is 11.8 Å². The molecule has 0 fully saturated rings. The molecule has 2 amide bonds. The van der Waals surface area contributed by atoms with E-state index in [1.54, 1.807) is 13.3 Å². The summed E-state index contributed by atoms with van der Waals surface area (Å²) in [6.07, 6.45) is 1.77. The lowest BCUT2D eigenvalue weighted by Crippen LogP contribution is -2.25. The molecule has 0 aliphatic heterocycles. The highest BCUT2D eigenvalue weighted by molar-refractivity contribution is 6.02. The molecule has 3 rings (SSSR count). The minimum atomic E-state index is -0.311. The lowest BCUT2D eigenvalue weighted by atomic mass is 10.0. The highest BCUT2D eigenvalue weighted by Gasteiger charge is 2.07. The van der Waals surface area contributed by atoms with Crippen LogP contribution in [0, 0.1) is 0 Å². The van der Waals surface area contributed by atoms with Crippen molar-refractivity contribution in [1.82, 2.24) is 10.7 Å². The first-order valence-corrected chi connectivity index (χ1v) is 9.35. The van der Waals surface area contributed by atoms with Crippen LogP contribution in [-0.4, -0.2) is 25.1 Å². The van der Waals surface area contributed by atoms with Gasteiger partial charge in [0.05, 0.1) is 13.3 Å². The van der Waals surface area contributed by atoms with Gasteiger partial charge in [-0.1, -0.05) is 54.6 Å². The van der Waals surface area contributed by atoms with Crippen LogP contribution in [0.15, 0.2) is 71.8 Å². The zero-order valence-corrected chi connectivity index (χ0v) is 16.2. The third-order valence-corrected chi connectivity index (χ3v) is 4.44. The number of nitrogens with zero attached hydrogens (tertiary/aromatic N) is 1. The number of nitrogens with one attached hydrogen (secondary N) is 2. The summed E-state index contributed by atoms with van der Waals surface area (Å²) in [7, 11) is 1.63. The van der Waals surface area contributed by atoms with E-state index in [4.69, 9.17) is 4.74 Å². The van der Waals surface area contributed by atoms with Crippen LogP contribution in [0.5, 0.6) is 5.75 Å². The molecule has 0 radical (unpaired) electrons. The molecule has 0 atom stereocenters. The monoisotopic (exact) mass is 389 g/mol. The predicted octanol–water partition coefficient (Wildman–Crippen LogP) is 3.40. The van der Waals surface area contributed by atoms with E-state index in [1.165, 1.54) is 0 Å². The molecule has 0 aromatic heterocycles. The highest BCUT2D eigenvalue weighted by Crippen LogP contribution is 2.27. The van der Waals surface area contributed by atoms with Gasteiger partial charge in [0, 0.05) is 30.3 Å². The second-order valence-corrected chi connectivity index (χ2v) is 6.46. The molecule has 0 aliphatic carbocycles. The second-order valence-electron chi connectivity index (χ2n) is 6.46. The molecule has 0 saturated carbocycles. The van der Waals surface area contributed by atoms with Crippen LogP contribution in [0.1, 0.15) is 24.0 Å². The van der Waals surface area contributed by atoms with Crippen molar-refractivity contribution in [3.63, 3.8) is 0 Å². The molecule has 6 nitrogen and oxygen atoms in total. The molecule has 3 aromatic rings. The fraction of sp³-hybridized carbons (Fsp3) is 0.174. The number of methoxy groups -OCH3 is 1. The van der Waals surface area contributed by atoms with E-state index in [0.29, 0.717) is 6.54 Å². The van der Waals surface area contributed by atoms with Crippen molar-refractivity contribution in [2.45, 2.75) is 19.4 Å². The maximum atomic E-state index is 12.0. The van der Waals surface area contributed by atoms with Crippen molar-refractivity contribution in [1.29, 1.82) is 0 Å². The molecule has 6 heteroatoms. The zero-order chi connectivity index (χ0) is 20.5. The maximum absolute atomic E-state index is 12.0. The maximum Gasteiger partial charge on any atom is 0.240 e. The normalized spacial score (nSPS) is 10.8. The molecule has 0 saturated heterocycles. The minimum absolute atomic E-state index is 0.0708. The third-order valence-electron chi connectivity index (χ3n) is 4.44. The number of rotatable bonds is 8. The minimum Gasteiger partial charge on any atom is -0.496 e. The first-order valence-electron chi connectivity index (χ1n) is 9.35. The average molecular weight is 389 g/mol. The van der Waals surface area contributed by atoms with Gasteiger partial charge in [-0.25, -0.2) is 5.43 Å². The summed E-state index contributed by atoms with van der Waals surface area (Å²) in [6, 6.07) is 21.2. The second kappa shape index (κ2) is 10.0. The molecule has 0 spiro atoms. The van der Waals surface area contributed by atoms with Gasteiger partial charge in [-0.05, 0) is 23.1 Å². The summed E-state index contributed by atoms with van der Waals surface area (Å²) in [4.78, 5) is 23.8. The Morgan fingerprint density at radius 2 is 1.59 bits per heavy atom. The van der Waals surface area contributed by atoms with E-state index in [0.717, 1.165) is 27.6 Å². The predicted molar refractivity (Wildman–Crippen MR) is 114 cm³/mol. The van der Waals surface area contributed by atoms with Gasteiger partial charge in [0.1, 0.15) is 5.75 Å². The average Bonchev–Trinajstić information content (AvgIpc) is 2.77. The summed E-state index contributed by atoms with van der Waals surface area (Å²) < 4.78 is 5.38. The van der Waals surface area contributed by atoms with Crippen molar-refractivity contribution in [2.24, 2.45) is 5.10 Å². The molecule has 29 heavy (non-hydrogen) atoms. The number of hydrazone groups is 1. The van der Waals surface area contributed by atoms with Gasteiger partial charge in [0.25, 0.3) is 0 Å². The van der Waals surface area contributed by atoms with Gasteiger partial charge in [-0.3, -0.25) is 9.59 Å². The van der Waals surface area contributed by atoms with E-state index in [1.807, 2.05) is 66.7 Å². The van der Waals surface area contributed by atoms with Crippen LogP contribution in [0.3, 0.4) is 0 Å². The molecule has 3 aromatic carbocycles. The van der Waals surface area contributed by atoms with Crippen LogP contribution in [0.2, 0.25) is 0 Å². The molecular weight excluding hydrogens is 366 g/mol. The Kier molecular flexibility index (Phi) is 6.95. The quantitative estimate of drug-likeness (QED) is 0.458. The third kappa shape index (κ3) is 5.65. The number of carbonyl (C=O) groups is 2. The fourth-order valence-electron chi connectivity index (χ4n) is 2.93. The topological polar surface area (TPSA) is 79.8 Å². The first kappa shape index (κ1) is 20.1. The van der Waals surface area contributed by atoms with Gasteiger partial charge < -0.3 is 10.1 Å². The Morgan fingerprint density at radius 3 is 2.34 bits per heavy atom. The summed E-state index contributed by atoms with van der Waals surface area (Å²) in [5.74, 6) is 0.298. The molecule has 0 heterocycles. The van der Waals surface area contributed by atoms with E-state index < -0.39 is 0 Å². The highest BCUT2D eigenvalue weighted by atomic mass is 16.5. The molecular formula is C23H23N3O3. The van der Waals surface area contributed by atoms with Crippen LogP contribution >= 0.6 is 0 Å².